The number of aliphatic hydroxyl groups excluding tert-OH is 1. The molecule has 3 saturated carbocycles. The summed E-state index contributed by atoms with van der Waals surface area (Å²) in [6, 6.07) is 0. The molecule has 2 nitrogen and oxygen atoms in total. The minimum atomic E-state index is 0. The molecular formula is C10H18ClNO. The topological polar surface area (TPSA) is 32.3 Å². The zero-order valence-electron chi connectivity index (χ0n) is 7.78. The van der Waals surface area contributed by atoms with E-state index in [0.29, 0.717) is 5.92 Å². The zero-order chi connectivity index (χ0) is 8.13. The first-order valence-electron chi connectivity index (χ1n) is 5.25. The summed E-state index contributed by atoms with van der Waals surface area (Å²) in [4.78, 5) is 0. The summed E-state index contributed by atoms with van der Waals surface area (Å²) in [6.45, 7) is 2.39. The van der Waals surface area contributed by atoms with Crippen LogP contribution in [0.5, 0.6) is 0 Å². The number of hydrogen-bond acceptors (Lipinski definition) is 2. The van der Waals surface area contributed by atoms with Gasteiger partial charge in [0.1, 0.15) is 0 Å². The molecule has 0 aromatic carbocycles. The molecule has 0 aromatic rings. The molecule has 1 aliphatic heterocycles. The van der Waals surface area contributed by atoms with Crippen molar-refractivity contribution < 1.29 is 5.11 Å². The van der Waals surface area contributed by atoms with Crippen molar-refractivity contribution in [3.8, 4) is 0 Å². The van der Waals surface area contributed by atoms with Crippen molar-refractivity contribution >= 4 is 12.4 Å². The fourth-order valence-corrected chi connectivity index (χ4v) is 3.79. The molecule has 2 N–H and O–H groups in total. The zero-order valence-corrected chi connectivity index (χ0v) is 8.59. The molecule has 0 spiro atoms. The molecule has 1 saturated heterocycles. The van der Waals surface area contributed by atoms with Gasteiger partial charge in [0.25, 0.3) is 0 Å². The molecule has 76 valence electrons. The third-order valence-corrected chi connectivity index (χ3v) is 4.37. The Kier molecular flexibility index (Phi) is 2.56. The second-order valence-corrected chi connectivity index (χ2v) is 4.79. The Labute approximate surface area is 85.5 Å². The number of halogens is 1. The van der Waals surface area contributed by atoms with E-state index in [1.165, 1.54) is 25.9 Å². The van der Waals surface area contributed by atoms with E-state index in [2.05, 4.69) is 5.32 Å². The van der Waals surface area contributed by atoms with Gasteiger partial charge >= 0.3 is 0 Å². The van der Waals surface area contributed by atoms with Crippen LogP contribution in [-0.2, 0) is 0 Å². The highest BCUT2D eigenvalue weighted by Crippen LogP contribution is 2.49. The van der Waals surface area contributed by atoms with Crippen LogP contribution >= 0.6 is 12.4 Å². The van der Waals surface area contributed by atoms with Gasteiger partial charge in [0, 0.05) is 0 Å². The van der Waals surface area contributed by atoms with Crippen molar-refractivity contribution in [2.45, 2.75) is 25.4 Å². The van der Waals surface area contributed by atoms with E-state index in [-0.39, 0.29) is 18.5 Å². The quantitative estimate of drug-likeness (QED) is 0.617. The Morgan fingerprint density at radius 1 is 1.00 bits per heavy atom. The molecule has 13 heavy (non-hydrogen) atoms. The van der Waals surface area contributed by atoms with Crippen molar-refractivity contribution in [1.82, 2.24) is 5.32 Å². The third kappa shape index (κ3) is 1.31. The molecule has 1 heterocycles. The summed E-state index contributed by atoms with van der Waals surface area (Å²) in [5, 5.41) is 13.3. The lowest BCUT2D eigenvalue weighted by Gasteiger charge is -2.48. The smallest absolute Gasteiger partial charge is 0.0574 e. The van der Waals surface area contributed by atoms with Gasteiger partial charge in [0.2, 0.25) is 0 Å². The number of aliphatic hydroxyl groups is 1. The molecule has 0 unspecified atom stereocenters. The summed E-state index contributed by atoms with van der Waals surface area (Å²) in [6.07, 6.45) is 3.79. The molecule has 0 radical (unpaired) electrons. The van der Waals surface area contributed by atoms with Crippen molar-refractivity contribution in [3.05, 3.63) is 0 Å². The minimum absolute atomic E-state index is 0. The molecule has 2 bridgehead atoms. The third-order valence-electron chi connectivity index (χ3n) is 4.37. The molecule has 0 amide bonds. The van der Waals surface area contributed by atoms with E-state index in [1.54, 1.807) is 0 Å². The van der Waals surface area contributed by atoms with Crippen LogP contribution in [0.3, 0.4) is 0 Å². The molecule has 4 fully saturated rings. The molecule has 5 atom stereocenters. The fraction of sp³-hybridized carbons (Fsp3) is 1.00. The van der Waals surface area contributed by atoms with E-state index in [4.69, 9.17) is 0 Å². The largest absolute Gasteiger partial charge is 0.393 e. The number of nitrogens with one attached hydrogen (secondary N) is 1. The first-order valence-corrected chi connectivity index (χ1v) is 5.25. The Morgan fingerprint density at radius 2 is 1.77 bits per heavy atom. The van der Waals surface area contributed by atoms with Gasteiger partial charge in [-0.1, -0.05) is 0 Å². The van der Waals surface area contributed by atoms with Crippen LogP contribution in [0.2, 0.25) is 0 Å². The predicted molar refractivity (Wildman–Crippen MR) is 53.9 cm³/mol. The molecule has 4 rings (SSSR count). The van der Waals surface area contributed by atoms with Crippen LogP contribution in [0.25, 0.3) is 0 Å². The van der Waals surface area contributed by atoms with Gasteiger partial charge in [0.15, 0.2) is 0 Å². The maximum atomic E-state index is 9.82. The first kappa shape index (κ1) is 9.75. The summed E-state index contributed by atoms with van der Waals surface area (Å²) in [5.41, 5.74) is 0. The lowest BCUT2D eigenvalue weighted by atomic mass is 9.58. The summed E-state index contributed by atoms with van der Waals surface area (Å²) in [5.74, 6) is 3.19. The van der Waals surface area contributed by atoms with Gasteiger partial charge in [0.05, 0.1) is 6.10 Å². The van der Waals surface area contributed by atoms with Crippen LogP contribution in [0.4, 0.5) is 0 Å². The maximum Gasteiger partial charge on any atom is 0.0574 e. The second kappa shape index (κ2) is 3.41. The SMILES string of the molecule is Cl.O[C@@H]1C[C@H]2CC[C@@H]1[C@H]1CNC[C@@H]21. The van der Waals surface area contributed by atoms with Gasteiger partial charge in [-0.25, -0.2) is 0 Å². The van der Waals surface area contributed by atoms with Crippen LogP contribution in [0.15, 0.2) is 0 Å². The van der Waals surface area contributed by atoms with Crippen LogP contribution in [0.1, 0.15) is 19.3 Å². The highest BCUT2D eigenvalue weighted by molar-refractivity contribution is 5.85. The van der Waals surface area contributed by atoms with Gasteiger partial charge in [-0.2, -0.15) is 0 Å². The Bertz CT molecular complexity index is 199. The van der Waals surface area contributed by atoms with E-state index >= 15 is 0 Å². The average molecular weight is 204 g/mol. The molecule has 4 aliphatic rings. The summed E-state index contributed by atoms with van der Waals surface area (Å²) in [7, 11) is 0. The summed E-state index contributed by atoms with van der Waals surface area (Å²) >= 11 is 0. The monoisotopic (exact) mass is 203 g/mol. The predicted octanol–water partition coefficient (Wildman–Crippen LogP) is 1.03. The molecule has 3 heteroatoms. The van der Waals surface area contributed by atoms with Crippen molar-refractivity contribution in [2.75, 3.05) is 13.1 Å². The van der Waals surface area contributed by atoms with Crippen molar-refractivity contribution in [3.63, 3.8) is 0 Å². The number of rotatable bonds is 0. The Balaban J connectivity index is 0.000000653. The minimum Gasteiger partial charge on any atom is -0.393 e. The van der Waals surface area contributed by atoms with E-state index < -0.39 is 0 Å². The lowest BCUT2D eigenvalue weighted by Crippen LogP contribution is -2.47. The standard InChI is InChI=1S/C10H17NO.ClH/c12-10-3-6-1-2-7(10)9-5-11-4-8(6)9;/h6-12H,1-5H2;1H/t6-,7-,8+,9-,10-;/m1./s1. The van der Waals surface area contributed by atoms with E-state index in [9.17, 15) is 5.11 Å². The van der Waals surface area contributed by atoms with Crippen molar-refractivity contribution in [2.24, 2.45) is 23.7 Å². The van der Waals surface area contributed by atoms with Crippen LogP contribution < -0.4 is 5.32 Å². The highest BCUT2D eigenvalue weighted by Gasteiger charge is 2.49. The average Bonchev–Trinajstić information content (AvgIpc) is 2.53. The van der Waals surface area contributed by atoms with Gasteiger partial charge in [-0.15, -0.1) is 12.4 Å². The van der Waals surface area contributed by atoms with Gasteiger partial charge in [-0.3, -0.25) is 0 Å². The van der Waals surface area contributed by atoms with Gasteiger partial charge < -0.3 is 10.4 Å². The van der Waals surface area contributed by atoms with E-state index in [0.717, 1.165) is 24.2 Å². The molecular weight excluding hydrogens is 186 g/mol. The highest BCUT2D eigenvalue weighted by atomic mass is 35.5. The molecule has 0 aromatic heterocycles. The Morgan fingerprint density at radius 3 is 2.54 bits per heavy atom. The fourth-order valence-electron chi connectivity index (χ4n) is 3.79. The van der Waals surface area contributed by atoms with Crippen LogP contribution in [0, 0.1) is 23.7 Å². The van der Waals surface area contributed by atoms with Gasteiger partial charge in [-0.05, 0) is 56.0 Å². The first-order chi connectivity index (χ1) is 5.86. The Hall–Kier alpha value is 0.210. The van der Waals surface area contributed by atoms with Crippen molar-refractivity contribution in [1.29, 1.82) is 0 Å². The van der Waals surface area contributed by atoms with Crippen LogP contribution in [-0.4, -0.2) is 24.3 Å². The lowest BCUT2D eigenvalue weighted by molar-refractivity contribution is -0.0574. The normalized spacial score (nSPS) is 52.8. The number of hydrogen-bond donors (Lipinski definition) is 2. The van der Waals surface area contributed by atoms with E-state index in [1.807, 2.05) is 0 Å². The second-order valence-electron chi connectivity index (χ2n) is 4.79. The summed E-state index contributed by atoms with van der Waals surface area (Å²) < 4.78 is 0. The maximum absolute atomic E-state index is 9.82. The molecule has 3 aliphatic carbocycles. The number of fused-ring (bicyclic) bond motifs is 2.